The summed E-state index contributed by atoms with van der Waals surface area (Å²) >= 11 is 0. The molecule has 0 aliphatic carbocycles. The highest BCUT2D eigenvalue weighted by Gasteiger charge is 2.15. The lowest BCUT2D eigenvalue weighted by Gasteiger charge is -2.24. The number of hydrogen-bond donors (Lipinski definition) is 3. The van der Waals surface area contributed by atoms with Crippen LogP contribution in [0.1, 0.15) is 12.8 Å². The van der Waals surface area contributed by atoms with Gasteiger partial charge in [0, 0.05) is 24.0 Å². The monoisotopic (exact) mass is 271 g/mol. The molecule has 1 unspecified atom stereocenters. The maximum atomic E-state index is 11.3. The van der Waals surface area contributed by atoms with Crippen LogP contribution in [-0.4, -0.2) is 27.7 Å². The van der Waals surface area contributed by atoms with Crippen LogP contribution in [0.4, 0.5) is 11.4 Å². The van der Waals surface area contributed by atoms with E-state index in [9.17, 15) is 8.42 Å². The van der Waals surface area contributed by atoms with Crippen molar-refractivity contribution in [2.75, 3.05) is 24.3 Å². The normalized spacial score (nSPS) is 20.6. The van der Waals surface area contributed by atoms with Crippen LogP contribution in [0.3, 0.4) is 0 Å². The summed E-state index contributed by atoms with van der Waals surface area (Å²) < 4.78 is 27.9. The molecule has 0 amide bonds. The maximum Gasteiger partial charge on any atom is 0.238 e. The van der Waals surface area contributed by atoms with Crippen LogP contribution in [0.25, 0.3) is 0 Å². The number of primary sulfonamides is 1. The van der Waals surface area contributed by atoms with E-state index >= 15 is 0 Å². The van der Waals surface area contributed by atoms with Crippen LogP contribution in [0.5, 0.6) is 0 Å². The SMILES string of the molecule is Nc1cc(NC2CCCOC2)cc(S(N)(=O)=O)c1. The molecule has 100 valence electrons. The zero-order valence-electron chi connectivity index (χ0n) is 9.93. The van der Waals surface area contributed by atoms with E-state index in [-0.39, 0.29) is 10.9 Å². The number of hydrogen-bond acceptors (Lipinski definition) is 5. The summed E-state index contributed by atoms with van der Waals surface area (Å²) in [6.07, 6.45) is 1.97. The first kappa shape index (κ1) is 13.1. The zero-order chi connectivity index (χ0) is 13.2. The number of nitrogens with one attached hydrogen (secondary N) is 1. The Morgan fingerprint density at radius 3 is 2.72 bits per heavy atom. The largest absolute Gasteiger partial charge is 0.399 e. The van der Waals surface area contributed by atoms with E-state index in [1.165, 1.54) is 12.1 Å². The van der Waals surface area contributed by atoms with Gasteiger partial charge in [-0.15, -0.1) is 0 Å². The summed E-state index contributed by atoms with van der Waals surface area (Å²) in [5.41, 5.74) is 6.68. The third-order valence-corrected chi connectivity index (χ3v) is 3.68. The van der Waals surface area contributed by atoms with Crippen molar-refractivity contribution in [3.63, 3.8) is 0 Å². The third kappa shape index (κ3) is 3.34. The number of nitrogen functional groups attached to an aromatic ring is 1. The molecular weight excluding hydrogens is 254 g/mol. The summed E-state index contributed by atoms with van der Waals surface area (Å²) in [5, 5.41) is 8.30. The van der Waals surface area contributed by atoms with Crippen molar-refractivity contribution < 1.29 is 13.2 Å². The van der Waals surface area contributed by atoms with Crippen LogP contribution >= 0.6 is 0 Å². The molecule has 1 aromatic rings. The Bertz CT molecular complexity index is 524. The summed E-state index contributed by atoms with van der Waals surface area (Å²) in [7, 11) is -3.74. The number of nitrogens with two attached hydrogens (primary N) is 2. The van der Waals surface area contributed by atoms with Crippen molar-refractivity contribution in [3.8, 4) is 0 Å². The number of ether oxygens (including phenoxy) is 1. The van der Waals surface area contributed by atoms with E-state index < -0.39 is 10.0 Å². The molecule has 6 nitrogen and oxygen atoms in total. The molecular formula is C11H17N3O3S. The molecule has 0 saturated carbocycles. The summed E-state index contributed by atoms with van der Waals surface area (Å²) in [4.78, 5) is 0.0155. The van der Waals surface area contributed by atoms with Crippen LogP contribution < -0.4 is 16.2 Å². The van der Waals surface area contributed by atoms with Gasteiger partial charge < -0.3 is 15.8 Å². The highest BCUT2D eigenvalue weighted by Crippen LogP contribution is 2.21. The standard InChI is InChI=1S/C11H17N3O3S/c12-8-4-10(6-11(5-8)18(13,15)16)14-9-2-1-3-17-7-9/h4-6,9,14H,1-3,7,12H2,(H2,13,15,16). The molecule has 5 N–H and O–H groups in total. The first-order valence-corrected chi connectivity index (χ1v) is 7.27. The van der Waals surface area contributed by atoms with Gasteiger partial charge in [-0.1, -0.05) is 0 Å². The quantitative estimate of drug-likeness (QED) is 0.694. The molecule has 7 heteroatoms. The Labute approximate surface area is 106 Å². The van der Waals surface area contributed by atoms with E-state index in [1.807, 2.05) is 0 Å². The van der Waals surface area contributed by atoms with Gasteiger partial charge >= 0.3 is 0 Å². The van der Waals surface area contributed by atoms with Crippen molar-refractivity contribution in [3.05, 3.63) is 18.2 Å². The van der Waals surface area contributed by atoms with Crippen molar-refractivity contribution >= 4 is 21.4 Å². The molecule has 2 rings (SSSR count). The molecule has 0 aromatic heterocycles. The predicted octanol–water partition coefficient (Wildman–Crippen LogP) is 0.507. The Hall–Kier alpha value is -1.31. The minimum atomic E-state index is -3.74. The molecule has 1 aromatic carbocycles. The summed E-state index contributed by atoms with van der Waals surface area (Å²) in [6, 6.07) is 4.69. The van der Waals surface area contributed by atoms with Crippen LogP contribution in [-0.2, 0) is 14.8 Å². The van der Waals surface area contributed by atoms with Gasteiger partial charge in [-0.2, -0.15) is 0 Å². The van der Waals surface area contributed by atoms with E-state index in [1.54, 1.807) is 6.07 Å². The lowest BCUT2D eigenvalue weighted by atomic mass is 10.1. The molecule has 1 atom stereocenters. The van der Waals surface area contributed by atoms with E-state index in [2.05, 4.69) is 5.32 Å². The number of rotatable bonds is 3. The fourth-order valence-electron chi connectivity index (χ4n) is 1.96. The average Bonchev–Trinajstić information content (AvgIpc) is 2.28. The minimum absolute atomic E-state index is 0.0155. The van der Waals surface area contributed by atoms with Crippen molar-refractivity contribution in [2.24, 2.45) is 5.14 Å². The van der Waals surface area contributed by atoms with E-state index in [0.29, 0.717) is 18.0 Å². The van der Waals surface area contributed by atoms with Gasteiger partial charge in [0.2, 0.25) is 10.0 Å². The predicted molar refractivity (Wildman–Crippen MR) is 69.7 cm³/mol. The molecule has 18 heavy (non-hydrogen) atoms. The fourth-order valence-corrected chi connectivity index (χ4v) is 2.55. The molecule has 1 aliphatic heterocycles. The summed E-state index contributed by atoms with van der Waals surface area (Å²) in [5.74, 6) is 0. The number of anilines is 2. The van der Waals surface area contributed by atoms with Crippen molar-refractivity contribution in [1.82, 2.24) is 0 Å². The number of sulfonamides is 1. The lowest BCUT2D eigenvalue weighted by Crippen LogP contribution is -2.30. The zero-order valence-corrected chi connectivity index (χ0v) is 10.7. The topological polar surface area (TPSA) is 107 Å². The molecule has 0 bridgehead atoms. The van der Waals surface area contributed by atoms with Crippen molar-refractivity contribution in [2.45, 2.75) is 23.8 Å². The van der Waals surface area contributed by atoms with Gasteiger partial charge in [0.05, 0.1) is 11.5 Å². The van der Waals surface area contributed by atoms with Gasteiger partial charge in [-0.25, -0.2) is 13.6 Å². The van der Waals surface area contributed by atoms with Crippen LogP contribution in [0, 0.1) is 0 Å². The molecule has 0 spiro atoms. The Kier molecular flexibility index (Phi) is 3.74. The molecule has 0 radical (unpaired) electrons. The Morgan fingerprint density at radius 1 is 1.33 bits per heavy atom. The number of benzene rings is 1. The molecule has 1 heterocycles. The fraction of sp³-hybridized carbons (Fsp3) is 0.455. The summed E-state index contributed by atoms with van der Waals surface area (Å²) in [6.45, 7) is 1.39. The van der Waals surface area contributed by atoms with Gasteiger partial charge in [-0.05, 0) is 31.0 Å². The highest BCUT2D eigenvalue weighted by molar-refractivity contribution is 7.89. The van der Waals surface area contributed by atoms with Crippen molar-refractivity contribution in [1.29, 1.82) is 0 Å². The Balaban J connectivity index is 2.20. The Morgan fingerprint density at radius 2 is 2.11 bits per heavy atom. The van der Waals surface area contributed by atoms with E-state index in [0.717, 1.165) is 19.4 Å². The first-order valence-electron chi connectivity index (χ1n) is 5.73. The molecule has 1 fully saturated rings. The minimum Gasteiger partial charge on any atom is -0.399 e. The molecule has 1 aliphatic rings. The van der Waals surface area contributed by atoms with E-state index in [4.69, 9.17) is 15.6 Å². The third-order valence-electron chi connectivity index (χ3n) is 2.79. The first-order chi connectivity index (χ1) is 8.45. The lowest BCUT2D eigenvalue weighted by molar-refractivity contribution is 0.0876. The smallest absolute Gasteiger partial charge is 0.238 e. The second-order valence-corrected chi connectivity index (χ2v) is 5.96. The molecule has 1 saturated heterocycles. The average molecular weight is 271 g/mol. The van der Waals surface area contributed by atoms with Gasteiger partial charge in [0.25, 0.3) is 0 Å². The second kappa shape index (κ2) is 5.13. The maximum absolute atomic E-state index is 11.3. The van der Waals surface area contributed by atoms with Crippen LogP contribution in [0.15, 0.2) is 23.1 Å². The van der Waals surface area contributed by atoms with Gasteiger partial charge in [0.15, 0.2) is 0 Å². The van der Waals surface area contributed by atoms with Gasteiger partial charge in [-0.3, -0.25) is 0 Å². The second-order valence-electron chi connectivity index (χ2n) is 4.39. The van der Waals surface area contributed by atoms with Gasteiger partial charge in [0.1, 0.15) is 0 Å². The highest BCUT2D eigenvalue weighted by atomic mass is 32.2. The van der Waals surface area contributed by atoms with Crippen LogP contribution in [0.2, 0.25) is 0 Å².